The van der Waals surface area contributed by atoms with Gasteiger partial charge in [-0.25, -0.2) is 4.79 Å². The number of benzene rings is 2. The van der Waals surface area contributed by atoms with Crippen molar-refractivity contribution in [3.63, 3.8) is 0 Å². The third kappa shape index (κ3) is 3.28. The van der Waals surface area contributed by atoms with Crippen LogP contribution in [0, 0.1) is 0 Å². The minimum atomic E-state index is -0.477. The fourth-order valence-electron chi connectivity index (χ4n) is 1.77. The largest absolute Gasteiger partial charge is 0.457 e. The van der Waals surface area contributed by atoms with Crippen LogP contribution in [0.5, 0.6) is 0 Å². The van der Waals surface area contributed by atoms with E-state index in [0.717, 1.165) is 5.56 Å². The Morgan fingerprint density at radius 1 is 0.895 bits per heavy atom. The molecule has 0 fully saturated rings. The maximum absolute atomic E-state index is 12.0. The number of rotatable bonds is 4. The Kier molecular flexibility index (Phi) is 4.08. The number of esters is 1. The van der Waals surface area contributed by atoms with Gasteiger partial charge in [0.15, 0.2) is 5.78 Å². The summed E-state index contributed by atoms with van der Waals surface area (Å²) in [4.78, 5) is 23.4. The molecule has 0 saturated heterocycles. The summed E-state index contributed by atoms with van der Waals surface area (Å²) in [6.07, 6.45) is 0. The molecule has 0 unspecified atom stereocenters. The van der Waals surface area contributed by atoms with Gasteiger partial charge in [-0.1, -0.05) is 48.5 Å². The summed E-state index contributed by atoms with van der Waals surface area (Å²) >= 11 is 0. The molecule has 0 bridgehead atoms. The standard InChI is InChI=1S/C16H14O3/c1-12(17)14-9-5-6-10-15(14)16(18)19-11-13-7-3-2-4-8-13/h2-10H,11H2,1H3. The molecule has 2 rings (SSSR count). The van der Waals surface area contributed by atoms with Gasteiger partial charge in [0.25, 0.3) is 0 Å². The molecule has 0 spiro atoms. The van der Waals surface area contributed by atoms with Crippen LogP contribution in [0.15, 0.2) is 54.6 Å². The number of hydrogen-bond donors (Lipinski definition) is 0. The van der Waals surface area contributed by atoms with Crippen molar-refractivity contribution in [2.24, 2.45) is 0 Å². The van der Waals surface area contributed by atoms with Crippen molar-refractivity contribution < 1.29 is 14.3 Å². The number of carbonyl (C=O) groups excluding carboxylic acids is 2. The van der Waals surface area contributed by atoms with Crippen LogP contribution in [0.2, 0.25) is 0 Å². The molecule has 96 valence electrons. The van der Waals surface area contributed by atoms with Gasteiger partial charge in [0.05, 0.1) is 5.56 Å². The van der Waals surface area contributed by atoms with E-state index in [4.69, 9.17) is 4.74 Å². The average Bonchev–Trinajstić information content (AvgIpc) is 2.46. The molecule has 0 aromatic heterocycles. The number of ketones is 1. The van der Waals surface area contributed by atoms with Gasteiger partial charge >= 0.3 is 5.97 Å². The van der Waals surface area contributed by atoms with Gasteiger partial charge in [0.2, 0.25) is 0 Å². The van der Waals surface area contributed by atoms with Crippen LogP contribution in [0.1, 0.15) is 33.2 Å². The van der Waals surface area contributed by atoms with E-state index in [0.29, 0.717) is 11.1 Å². The van der Waals surface area contributed by atoms with Crippen molar-refractivity contribution in [2.75, 3.05) is 0 Å². The Labute approximate surface area is 111 Å². The summed E-state index contributed by atoms with van der Waals surface area (Å²) < 4.78 is 5.21. The zero-order valence-corrected chi connectivity index (χ0v) is 10.6. The SMILES string of the molecule is CC(=O)c1ccccc1C(=O)OCc1ccccc1. The first-order chi connectivity index (χ1) is 9.18. The lowest BCUT2D eigenvalue weighted by molar-refractivity contribution is 0.0470. The molecule has 0 radical (unpaired) electrons. The first kappa shape index (κ1) is 13.0. The topological polar surface area (TPSA) is 43.4 Å². The molecule has 0 amide bonds. The molecule has 0 aliphatic heterocycles. The molecule has 0 N–H and O–H groups in total. The number of carbonyl (C=O) groups is 2. The Morgan fingerprint density at radius 3 is 2.11 bits per heavy atom. The Morgan fingerprint density at radius 2 is 1.47 bits per heavy atom. The van der Waals surface area contributed by atoms with E-state index in [1.807, 2.05) is 30.3 Å². The summed E-state index contributed by atoms with van der Waals surface area (Å²) in [7, 11) is 0. The second-order valence-corrected chi connectivity index (χ2v) is 4.16. The highest BCUT2D eigenvalue weighted by Gasteiger charge is 2.14. The van der Waals surface area contributed by atoms with E-state index in [1.165, 1.54) is 6.92 Å². The van der Waals surface area contributed by atoms with Crippen LogP contribution >= 0.6 is 0 Å². The summed E-state index contributed by atoms with van der Waals surface area (Å²) in [6, 6.07) is 16.1. The second-order valence-electron chi connectivity index (χ2n) is 4.16. The van der Waals surface area contributed by atoms with Crippen LogP contribution in [-0.2, 0) is 11.3 Å². The molecule has 0 aliphatic rings. The van der Waals surface area contributed by atoms with E-state index in [9.17, 15) is 9.59 Å². The van der Waals surface area contributed by atoms with Crippen molar-refractivity contribution in [2.45, 2.75) is 13.5 Å². The van der Waals surface area contributed by atoms with Gasteiger partial charge in [-0.2, -0.15) is 0 Å². The zero-order chi connectivity index (χ0) is 13.7. The van der Waals surface area contributed by atoms with E-state index in [1.54, 1.807) is 24.3 Å². The molecule has 3 heteroatoms. The van der Waals surface area contributed by atoms with E-state index in [2.05, 4.69) is 0 Å². The Balaban J connectivity index is 2.10. The first-order valence-electron chi connectivity index (χ1n) is 5.99. The molecular formula is C16H14O3. The molecule has 2 aromatic rings. The second kappa shape index (κ2) is 5.96. The molecule has 0 aliphatic carbocycles. The van der Waals surface area contributed by atoms with Crippen molar-refractivity contribution in [1.29, 1.82) is 0 Å². The number of Topliss-reactive ketones (excluding diaryl/α,β-unsaturated/α-hetero) is 1. The number of hydrogen-bond acceptors (Lipinski definition) is 3. The summed E-state index contributed by atoms with van der Waals surface area (Å²) in [5.74, 6) is -0.623. The quantitative estimate of drug-likeness (QED) is 0.621. The van der Waals surface area contributed by atoms with E-state index >= 15 is 0 Å². The minimum absolute atomic E-state index is 0.146. The maximum Gasteiger partial charge on any atom is 0.339 e. The molecule has 2 aromatic carbocycles. The molecule has 0 heterocycles. The number of ether oxygens (including phenoxy) is 1. The van der Waals surface area contributed by atoms with Gasteiger partial charge in [0.1, 0.15) is 6.61 Å². The normalized spacial score (nSPS) is 9.95. The molecule has 0 saturated carbocycles. The van der Waals surface area contributed by atoms with Gasteiger partial charge in [-0.3, -0.25) is 4.79 Å². The Hall–Kier alpha value is -2.42. The van der Waals surface area contributed by atoms with Crippen LogP contribution in [0.25, 0.3) is 0 Å². The highest BCUT2D eigenvalue weighted by atomic mass is 16.5. The van der Waals surface area contributed by atoms with Crippen LogP contribution in [0.4, 0.5) is 0 Å². The lowest BCUT2D eigenvalue weighted by atomic mass is 10.0. The predicted molar refractivity (Wildman–Crippen MR) is 72.0 cm³/mol. The lowest BCUT2D eigenvalue weighted by Gasteiger charge is -2.07. The summed E-state index contributed by atoms with van der Waals surface area (Å²) in [5, 5.41) is 0. The maximum atomic E-state index is 12.0. The average molecular weight is 254 g/mol. The highest BCUT2D eigenvalue weighted by Crippen LogP contribution is 2.12. The fourth-order valence-corrected chi connectivity index (χ4v) is 1.77. The predicted octanol–water partition coefficient (Wildman–Crippen LogP) is 3.25. The van der Waals surface area contributed by atoms with Crippen LogP contribution < -0.4 is 0 Å². The van der Waals surface area contributed by atoms with E-state index in [-0.39, 0.29) is 12.4 Å². The van der Waals surface area contributed by atoms with Gasteiger partial charge in [0, 0.05) is 5.56 Å². The molecular weight excluding hydrogens is 240 g/mol. The minimum Gasteiger partial charge on any atom is -0.457 e. The third-order valence-electron chi connectivity index (χ3n) is 2.74. The first-order valence-corrected chi connectivity index (χ1v) is 5.99. The zero-order valence-electron chi connectivity index (χ0n) is 10.6. The van der Waals surface area contributed by atoms with Crippen molar-refractivity contribution in [3.05, 3.63) is 71.3 Å². The van der Waals surface area contributed by atoms with Gasteiger partial charge in [-0.15, -0.1) is 0 Å². The van der Waals surface area contributed by atoms with Crippen molar-refractivity contribution in [3.8, 4) is 0 Å². The summed E-state index contributed by atoms with van der Waals surface area (Å²) in [6.45, 7) is 1.63. The van der Waals surface area contributed by atoms with Crippen molar-refractivity contribution in [1.82, 2.24) is 0 Å². The van der Waals surface area contributed by atoms with Crippen LogP contribution in [0.3, 0.4) is 0 Å². The monoisotopic (exact) mass is 254 g/mol. The van der Waals surface area contributed by atoms with Gasteiger partial charge in [-0.05, 0) is 18.6 Å². The molecule has 0 atom stereocenters. The van der Waals surface area contributed by atoms with Gasteiger partial charge < -0.3 is 4.74 Å². The molecule has 19 heavy (non-hydrogen) atoms. The Bertz CT molecular complexity index is 588. The third-order valence-corrected chi connectivity index (χ3v) is 2.74. The van der Waals surface area contributed by atoms with E-state index < -0.39 is 5.97 Å². The lowest BCUT2D eigenvalue weighted by Crippen LogP contribution is -2.10. The highest BCUT2D eigenvalue weighted by molar-refractivity contribution is 6.05. The molecule has 3 nitrogen and oxygen atoms in total. The van der Waals surface area contributed by atoms with Crippen LogP contribution in [-0.4, -0.2) is 11.8 Å². The van der Waals surface area contributed by atoms with Crippen molar-refractivity contribution >= 4 is 11.8 Å². The summed E-state index contributed by atoms with van der Waals surface area (Å²) in [5.41, 5.74) is 1.61. The smallest absolute Gasteiger partial charge is 0.339 e. The fraction of sp³-hybridized carbons (Fsp3) is 0.125.